The first-order chi connectivity index (χ1) is 8.22. The highest BCUT2D eigenvalue weighted by molar-refractivity contribution is 6.36. The molecule has 17 heavy (non-hydrogen) atoms. The number of hydrogen-bond acceptors (Lipinski definition) is 1. The van der Waals surface area contributed by atoms with E-state index in [9.17, 15) is 0 Å². The first-order valence-corrected chi connectivity index (χ1v) is 7.15. The van der Waals surface area contributed by atoms with Gasteiger partial charge in [-0.1, -0.05) is 55.5 Å². The maximum absolute atomic E-state index is 6.28. The Balaban J connectivity index is 2.18. The van der Waals surface area contributed by atoms with Crippen molar-refractivity contribution in [1.82, 2.24) is 5.32 Å². The van der Waals surface area contributed by atoms with Crippen molar-refractivity contribution in [2.75, 3.05) is 6.54 Å². The molecule has 1 unspecified atom stereocenters. The van der Waals surface area contributed by atoms with E-state index in [-0.39, 0.29) is 0 Å². The number of nitrogens with one attached hydrogen (secondary N) is 1. The molecule has 1 N–H and O–H groups in total. The Hall–Kier alpha value is -0.240. The number of benzene rings is 1. The maximum atomic E-state index is 6.28. The van der Waals surface area contributed by atoms with Crippen LogP contribution in [0.5, 0.6) is 0 Å². The van der Waals surface area contributed by atoms with Crippen molar-refractivity contribution >= 4 is 23.2 Å². The van der Waals surface area contributed by atoms with Crippen molar-refractivity contribution in [2.45, 2.75) is 38.6 Å². The second-order valence-corrected chi connectivity index (χ2v) is 5.59. The van der Waals surface area contributed by atoms with Crippen LogP contribution in [0.3, 0.4) is 0 Å². The highest BCUT2D eigenvalue weighted by Crippen LogP contribution is 2.38. The van der Waals surface area contributed by atoms with Crippen LogP contribution in [0.25, 0.3) is 0 Å². The second-order valence-electron chi connectivity index (χ2n) is 4.78. The highest BCUT2D eigenvalue weighted by Gasteiger charge is 2.25. The summed E-state index contributed by atoms with van der Waals surface area (Å²) >= 11 is 12.6. The van der Waals surface area contributed by atoms with Crippen molar-refractivity contribution < 1.29 is 0 Å². The normalized spacial score (nSPS) is 17.8. The summed E-state index contributed by atoms with van der Waals surface area (Å²) in [5.41, 5.74) is 1.07. The standard InChI is InChI=1S/C14H19Cl2N/c1-2-17-13(9-10-5-3-6-10)14-11(15)7-4-8-12(14)16/h4,7-8,10,13,17H,2-3,5-6,9H2,1H3. The zero-order chi connectivity index (χ0) is 12.3. The summed E-state index contributed by atoms with van der Waals surface area (Å²) in [4.78, 5) is 0. The fraction of sp³-hybridized carbons (Fsp3) is 0.571. The fourth-order valence-corrected chi connectivity index (χ4v) is 3.12. The molecule has 1 saturated carbocycles. The van der Waals surface area contributed by atoms with Crippen LogP contribution in [-0.2, 0) is 0 Å². The monoisotopic (exact) mass is 271 g/mol. The lowest BCUT2D eigenvalue weighted by atomic mass is 9.79. The molecular weight excluding hydrogens is 253 g/mol. The van der Waals surface area contributed by atoms with Gasteiger partial charge in [-0.3, -0.25) is 0 Å². The number of rotatable bonds is 5. The summed E-state index contributed by atoms with van der Waals surface area (Å²) < 4.78 is 0. The summed E-state index contributed by atoms with van der Waals surface area (Å²) in [5, 5.41) is 5.07. The third kappa shape index (κ3) is 3.15. The van der Waals surface area contributed by atoms with Gasteiger partial charge >= 0.3 is 0 Å². The largest absolute Gasteiger partial charge is 0.310 e. The summed E-state index contributed by atoms with van der Waals surface area (Å²) in [6.45, 7) is 3.07. The third-order valence-corrected chi connectivity index (χ3v) is 4.25. The topological polar surface area (TPSA) is 12.0 Å². The molecule has 0 saturated heterocycles. The zero-order valence-corrected chi connectivity index (χ0v) is 11.7. The lowest BCUT2D eigenvalue weighted by molar-refractivity contribution is 0.262. The molecule has 1 fully saturated rings. The van der Waals surface area contributed by atoms with Gasteiger partial charge in [0.2, 0.25) is 0 Å². The van der Waals surface area contributed by atoms with E-state index in [0.717, 1.165) is 34.5 Å². The van der Waals surface area contributed by atoms with Gasteiger partial charge in [-0.2, -0.15) is 0 Å². The molecule has 1 atom stereocenters. The van der Waals surface area contributed by atoms with Crippen molar-refractivity contribution in [3.8, 4) is 0 Å². The number of halogens is 2. The van der Waals surface area contributed by atoms with Gasteiger partial charge in [0, 0.05) is 21.7 Å². The molecule has 0 aliphatic heterocycles. The molecule has 2 rings (SSSR count). The fourth-order valence-electron chi connectivity index (χ4n) is 2.46. The first kappa shape index (κ1) is 13.2. The third-order valence-electron chi connectivity index (χ3n) is 3.59. The predicted molar refractivity (Wildman–Crippen MR) is 74.8 cm³/mol. The van der Waals surface area contributed by atoms with Gasteiger partial charge in [-0.05, 0) is 31.0 Å². The SMILES string of the molecule is CCNC(CC1CCC1)c1c(Cl)cccc1Cl. The van der Waals surface area contributed by atoms with Crippen LogP contribution in [-0.4, -0.2) is 6.54 Å². The summed E-state index contributed by atoms with van der Waals surface area (Å²) in [7, 11) is 0. The van der Waals surface area contributed by atoms with E-state index >= 15 is 0 Å². The Labute approximate surface area is 114 Å². The van der Waals surface area contributed by atoms with Crippen molar-refractivity contribution in [3.05, 3.63) is 33.8 Å². The molecule has 0 spiro atoms. The van der Waals surface area contributed by atoms with E-state index in [1.165, 1.54) is 19.3 Å². The van der Waals surface area contributed by atoms with Gasteiger partial charge in [0.1, 0.15) is 0 Å². The Bertz CT molecular complexity index is 354. The Kier molecular flexibility index (Phi) is 4.72. The van der Waals surface area contributed by atoms with E-state index in [4.69, 9.17) is 23.2 Å². The lowest BCUT2D eigenvalue weighted by Crippen LogP contribution is -2.26. The molecule has 1 aromatic carbocycles. The smallest absolute Gasteiger partial charge is 0.0468 e. The zero-order valence-electron chi connectivity index (χ0n) is 10.2. The molecule has 0 amide bonds. The van der Waals surface area contributed by atoms with E-state index in [0.29, 0.717) is 6.04 Å². The second kappa shape index (κ2) is 6.08. The minimum atomic E-state index is 0.298. The minimum Gasteiger partial charge on any atom is -0.310 e. The summed E-state index contributed by atoms with van der Waals surface area (Å²) in [6.07, 6.45) is 5.23. The molecule has 3 heteroatoms. The Morgan fingerprint density at radius 3 is 2.41 bits per heavy atom. The van der Waals surface area contributed by atoms with Crippen LogP contribution in [0.15, 0.2) is 18.2 Å². The molecule has 0 heterocycles. The average molecular weight is 272 g/mol. The molecule has 1 nitrogen and oxygen atoms in total. The van der Waals surface area contributed by atoms with Gasteiger partial charge in [0.25, 0.3) is 0 Å². The molecule has 1 aromatic rings. The van der Waals surface area contributed by atoms with Crippen LogP contribution in [0.4, 0.5) is 0 Å². The van der Waals surface area contributed by atoms with E-state index in [2.05, 4.69) is 12.2 Å². The van der Waals surface area contributed by atoms with Crippen LogP contribution < -0.4 is 5.32 Å². The number of hydrogen-bond donors (Lipinski definition) is 1. The van der Waals surface area contributed by atoms with Crippen LogP contribution in [0.1, 0.15) is 44.2 Å². The van der Waals surface area contributed by atoms with Crippen molar-refractivity contribution in [3.63, 3.8) is 0 Å². The summed E-state index contributed by atoms with van der Waals surface area (Å²) in [5.74, 6) is 0.839. The quantitative estimate of drug-likeness (QED) is 0.809. The van der Waals surface area contributed by atoms with Crippen LogP contribution in [0.2, 0.25) is 10.0 Å². The van der Waals surface area contributed by atoms with E-state index in [1.807, 2.05) is 18.2 Å². The molecule has 0 bridgehead atoms. The summed E-state index contributed by atoms with van der Waals surface area (Å²) in [6, 6.07) is 6.05. The van der Waals surface area contributed by atoms with Gasteiger partial charge < -0.3 is 5.32 Å². The Morgan fingerprint density at radius 2 is 1.94 bits per heavy atom. The average Bonchev–Trinajstić information content (AvgIpc) is 2.22. The van der Waals surface area contributed by atoms with E-state index in [1.54, 1.807) is 0 Å². The molecule has 0 aromatic heterocycles. The Morgan fingerprint density at radius 1 is 1.29 bits per heavy atom. The van der Waals surface area contributed by atoms with Crippen molar-refractivity contribution in [1.29, 1.82) is 0 Å². The molecule has 1 aliphatic rings. The first-order valence-electron chi connectivity index (χ1n) is 6.39. The van der Waals surface area contributed by atoms with Gasteiger partial charge in [0.15, 0.2) is 0 Å². The van der Waals surface area contributed by atoms with Crippen LogP contribution in [0, 0.1) is 5.92 Å². The molecule has 1 aliphatic carbocycles. The van der Waals surface area contributed by atoms with E-state index < -0.39 is 0 Å². The highest BCUT2D eigenvalue weighted by atomic mass is 35.5. The minimum absolute atomic E-state index is 0.298. The van der Waals surface area contributed by atoms with Crippen LogP contribution >= 0.6 is 23.2 Å². The van der Waals surface area contributed by atoms with Gasteiger partial charge in [-0.25, -0.2) is 0 Å². The lowest BCUT2D eigenvalue weighted by Gasteiger charge is -2.31. The maximum Gasteiger partial charge on any atom is 0.0468 e. The van der Waals surface area contributed by atoms with Crippen molar-refractivity contribution in [2.24, 2.45) is 5.92 Å². The molecule has 0 radical (unpaired) electrons. The van der Waals surface area contributed by atoms with Gasteiger partial charge in [0.05, 0.1) is 0 Å². The molecular formula is C14H19Cl2N. The molecule has 94 valence electrons. The van der Waals surface area contributed by atoms with Gasteiger partial charge in [-0.15, -0.1) is 0 Å². The predicted octanol–water partition coefficient (Wildman–Crippen LogP) is 4.83.